The maximum absolute atomic E-state index is 13.8. The Morgan fingerprint density at radius 2 is 1.51 bits per heavy atom. The third-order valence-corrected chi connectivity index (χ3v) is 8.04. The molecule has 0 bridgehead atoms. The van der Waals surface area contributed by atoms with E-state index in [-0.39, 0.29) is 17.3 Å². The quantitative estimate of drug-likeness (QED) is 0.404. The molecule has 0 spiro atoms. The lowest BCUT2D eigenvalue weighted by Crippen LogP contribution is -2.51. The summed E-state index contributed by atoms with van der Waals surface area (Å²) < 4.78 is 28.6. The van der Waals surface area contributed by atoms with Gasteiger partial charge in [0.05, 0.1) is 10.6 Å². The van der Waals surface area contributed by atoms with E-state index in [1.165, 1.54) is 17.0 Å². The van der Waals surface area contributed by atoms with Gasteiger partial charge in [-0.05, 0) is 62.6 Å². The second-order valence-corrected chi connectivity index (χ2v) is 10.9. The highest BCUT2D eigenvalue weighted by Gasteiger charge is 2.32. The van der Waals surface area contributed by atoms with Crippen LogP contribution in [0.1, 0.15) is 37.0 Å². The van der Waals surface area contributed by atoms with Crippen LogP contribution in [0.25, 0.3) is 0 Å². The van der Waals surface area contributed by atoms with Gasteiger partial charge in [0, 0.05) is 13.1 Å². The number of hydrogen-bond donors (Lipinski definition) is 1. The molecule has 0 saturated heterocycles. The first-order chi connectivity index (χ1) is 17.6. The summed E-state index contributed by atoms with van der Waals surface area (Å²) in [6.45, 7) is 7.67. The zero-order valence-electron chi connectivity index (χ0n) is 21.8. The van der Waals surface area contributed by atoms with Crippen molar-refractivity contribution in [1.29, 1.82) is 0 Å². The summed E-state index contributed by atoms with van der Waals surface area (Å²) in [5.41, 5.74) is 3.17. The van der Waals surface area contributed by atoms with E-state index in [1.54, 1.807) is 49.4 Å². The van der Waals surface area contributed by atoms with E-state index in [4.69, 9.17) is 0 Å². The van der Waals surface area contributed by atoms with E-state index < -0.39 is 28.5 Å². The average molecular weight is 522 g/mol. The predicted octanol–water partition coefficient (Wildman–Crippen LogP) is 4.44. The Bertz CT molecular complexity index is 1310. The van der Waals surface area contributed by atoms with E-state index in [1.807, 2.05) is 45.0 Å². The topological polar surface area (TPSA) is 86.8 Å². The molecular weight excluding hydrogens is 486 g/mol. The largest absolute Gasteiger partial charge is 0.354 e. The minimum atomic E-state index is -4.06. The third kappa shape index (κ3) is 6.98. The minimum absolute atomic E-state index is 0.0916. The number of hydrogen-bond acceptors (Lipinski definition) is 4. The van der Waals surface area contributed by atoms with Gasteiger partial charge < -0.3 is 10.2 Å². The van der Waals surface area contributed by atoms with Gasteiger partial charge in [-0.1, -0.05) is 67.1 Å². The van der Waals surface area contributed by atoms with Crippen LogP contribution in [0.3, 0.4) is 0 Å². The van der Waals surface area contributed by atoms with Crippen molar-refractivity contribution in [3.8, 4) is 0 Å². The molecule has 196 valence electrons. The number of rotatable bonds is 11. The highest BCUT2D eigenvalue weighted by atomic mass is 32.2. The second kappa shape index (κ2) is 12.5. The molecule has 0 unspecified atom stereocenters. The van der Waals surface area contributed by atoms with Crippen molar-refractivity contribution >= 4 is 27.5 Å². The van der Waals surface area contributed by atoms with Crippen LogP contribution in [0.4, 0.5) is 5.69 Å². The molecule has 37 heavy (non-hydrogen) atoms. The third-order valence-electron chi connectivity index (χ3n) is 6.25. The fourth-order valence-electron chi connectivity index (χ4n) is 3.91. The highest BCUT2D eigenvalue weighted by Crippen LogP contribution is 2.25. The van der Waals surface area contributed by atoms with Crippen LogP contribution in [0.15, 0.2) is 83.8 Å². The summed E-state index contributed by atoms with van der Waals surface area (Å²) in [4.78, 5) is 28.3. The molecule has 0 saturated carbocycles. The zero-order valence-corrected chi connectivity index (χ0v) is 22.7. The molecule has 3 aromatic rings. The van der Waals surface area contributed by atoms with Crippen LogP contribution in [-0.4, -0.2) is 44.3 Å². The highest BCUT2D eigenvalue weighted by molar-refractivity contribution is 7.92. The first-order valence-corrected chi connectivity index (χ1v) is 13.8. The molecule has 0 aromatic heterocycles. The molecule has 0 aliphatic carbocycles. The Labute approximate surface area is 220 Å². The first-order valence-electron chi connectivity index (χ1n) is 12.4. The number of aryl methyl sites for hydroxylation is 2. The Morgan fingerprint density at radius 3 is 2.14 bits per heavy atom. The molecule has 3 rings (SSSR count). The van der Waals surface area contributed by atoms with E-state index >= 15 is 0 Å². The summed E-state index contributed by atoms with van der Waals surface area (Å²) in [7, 11) is -4.06. The van der Waals surface area contributed by atoms with Crippen molar-refractivity contribution < 1.29 is 18.0 Å². The standard InChI is InChI=1S/C29H35N3O4S/c1-5-19-30-29(34)24(4)31(20-25-12-10-9-11-23(25)3)28(33)21-32(26-13-7-6-8-14-26)37(35,36)27-17-15-22(2)16-18-27/h6-18,24H,5,19-21H2,1-4H3,(H,30,34)/t24-/m1/s1. The number of benzene rings is 3. The predicted molar refractivity (Wildman–Crippen MR) is 147 cm³/mol. The van der Waals surface area contributed by atoms with Crippen molar-refractivity contribution in [3.05, 3.63) is 95.6 Å². The van der Waals surface area contributed by atoms with Crippen LogP contribution in [0, 0.1) is 13.8 Å². The van der Waals surface area contributed by atoms with Crippen LogP contribution in [0.5, 0.6) is 0 Å². The molecule has 1 N–H and O–H groups in total. The van der Waals surface area contributed by atoms with E-state index in [0.717, 1.165) is 27.4 Å². The second-order valence-electron chi connectivity index (χ2n) is 9.08. The van der Waals surface area contributed by atoms with E-state index in [9.17, 15) is 18.0 Å². The van der Waals surface area contributed by atoms with Crippen molar-refractivity contribution in [2.75, 3.05) is 17.4 Å². The molecule has 0 heterocycles. The average Bonchev–Trinajstić information content (AvgIpc) is 2.90. The number of carbonyl (C=O) groups is 2. The monoisotopic (exact) mass is 521 g/mol. The fraction of sp³-hybridized carbons (Fsp3) is 0.310. The number of carbonyl (C=O) groups excluding carboxylic acids is 2. The first kappa shape index (κ1) is 27.9. The number of nitrogens with zero attached hydrogens (tertiary/aromatic N) is 2. The van der Waals surface area contributed by atoms with Gasteiger partial charge in [0.2, 0.25) is 11.8 Å². The van der Waals surface area contributed by atoms with Gasteiger partial charge in [-0.15, -0.1) is 0 Å². The lowest BCUT2D eigenvalue weighted by molar-refractivity contribution is -0.139. The summed E-state index contributed by atoms with van der Waals surface area (Å²) >= 11 is 0. The van der Waals surface area contributed by atoms with Crippen molar-refractivity contribution in [2.45, 2.75) is 51.6 Å². The molecule has 0 aliphatic rings. The molecule has 1 atom stereocenters. The van der Waals surface area contributed by atoms with Crippen LogP contribution < -0.4 is 9.62 Å². The Kier molecular flexibility index (Phi) is 9.47. The van der Waals surface area contributed by atoms with Gasteiger partial charge in [-0.25, -0.2) is 8.42 Å². The lowest BCUT2D eigenvalue weighted by Gasteiger charge is -2.32. The molecule has 8 heteroatoms. The van der Waals surface area contributed by atoms with Gasteiger partial charge in [0.25, 0.3) is 10.0 Å². The molecule has 2 amide bonds. The van der Waals surface area contributed by atoms with Crippen LogP contribution >= 0.6 is 0 Å². The summed E-state index contributed by atoms with van der Waals surface area (Å²) in [5.74, 6) is -0.752. The van der Waals surface area contributed by atoms with E-state index in [0.29, 0.717) is 12.2 Å². The van der Waals surface area contributed by atoms with Crippen LogP contribution in [0.2, 0.25) is 0 Å². The molecule has 3 aromatic carbocycles. The van der Waals surface area contributed by atoms with Gasteiger partial charge in [-0.3, -0.25) is 13.9 Å². The SMILES string of the molecule is CCCNC(=O)[C@@H](C)N(Cc1ccccc1C)C(=O)CN(c1ccccc1)S(=O)(=O)c1ccc(C)cc1. The number of sulfonamides is 1. The number of nitrogens with one attached hydrogen (secondary N) is 1. The van der Waals surface area contributed by atoms with Crippen molar-refractivity contribution in [1.82, 2.24) is 10.2 Å². The maximum atomic E-state index is 13.8. The Morgan fingerprint density at radius 1 is 0.892 bits per heavy atom. The van der Waals surface area contributed by atoms with Crippen LogP contribution in [-0.2, 0) is 26.2 Å². The lowest BCUT2D eigenvalue weighted by atomic mass is 10.1. The number of amides is 2. The number of para-hydroxylation sites is 1. The Balaban J connectivity index is 2.00. The molecule has 0 fully saturated rings. The van der Waals surface area contributed by atoms with Crippen molar-refractivity contribution in [2.24, 2.45) is 0 Å². The minimum Gasteiger partial charge on any atom is -0.354 e. The van der Waals surface area contributed by atoms with Gasteiger partial charge >= 0.3 is 0 Å². The summed E-state index contributed by atoms with van der Waals surface area (Å²) in [6, 6.07) is 21.9. The maximum Gasteiger partial charge on any atom is 0.264 e. The zero-order chi connectivity index (χ0) is 27.0. The van der Waals surface area contributed by atoms with E-state index in [2.05, 4.69) is 5.32 Å². The molecule has 0 aliphatic heterocycles. The Hall–Kier alpha value is -3.65. The molecular formula is C29H35N3O4S. The smallest absolute Gasteiger partial charge is 0.264 e. The van der Waals surface area contributed by atoms with Gasteiger partial charge in [0.15, 0.2) is 0 Å². The summed E-state index contributed by atoms with van der Waals surface area (Å²) in [6.07, 6.45) is 0.765. The van der Waals surface area contributed by atoms with Crippen molar-refractivity contribution in [3.63, 3.8) is 0 Å². The van der Waals surface area contributed by atoms with Gasteiger partial charge in [0.1, 0.15) is 12.6 Å². The molecule has 0 radical (unpaired) electrons. The molecule has 7 nitrogen and oxygen atoms in total. The normalized spacial score (nSPS) is 12.0. The fourth-order valence-corrected chi connectivity index (χ4v) is 5.32. The summed E-state index contributed by atoms with van der Waals surface area (Å²) in [5, 5.41) is 2.85. The van der Waals surface area contributed by atoms with Gasteiger partial charge in [-0.2, -0.15) is 0 Å². The number of anilines is 1.